The summed E-state index contributed by atoms with van der Waals surface area (Å²) < 4.78 is 3.88. The number of rotatable bonds is 2. The molecule has 0 saturated carbocycles. The summed E-state index contributed by atoms with van der Waals surface area (Å²) in [6.07, 6.45) is 4.65. The lowest BCUT2D eigenvalue weighted by Gasteiger charge is -1.81. The predicted octanol–water partition coefficient (Wildman–Crippen LogP) is 1.78. The van der Waals surface area contributed by atoms with Gasteiger partial charge in [0, 0.05) is 11.8 Å². The van der Waals surface area contributed by atoms with Crippen molar-refractivity contribution in [2.45, 2.75) is 0 Å². The van der Waals surface area contributed by atoms with Crippen molar-refractivity contribution >= 4 is 23.8 Å². The number of hydrogen-bond donors (Lipinski definition) is 1. The van der Waals surface area contributed by atoms with Crippen LogP contribution in [0.25, 0.3) is 6.08 Å². The highest BCUT2D eigenvalue weighted by Crippen LogP contribution is 2.11. The Morgan fingerprint density at radius 3 is 3.00 bits per heavy atom. The van der Waals surface area contributed by atoms with E-state index in [1.54, 1.807) is 12.3 Å². The van der Waals surface area contributed by atoms with Gasteiger partial charge in [-0.1, -0.05) is 6.58 Å². The van der Waals surface area contributed by atoms with Crippen molar-refractivity contribution in [2.24, 2.45) is 0 Å². The van der Waals surface area contributed by atoms with E-state index in [0.29, 0.717) is 0 Å². The zero-order chi connectivity index (χ0) is 6.69. The maximum atomic E-state index is 6.90. The van der Waals surface area contributed by atoms with Gasteiger partial charge in [0.25, 0.3) is 0 Å². The van der Waals surface area contributed by atoms with Gasteiger partial charge in [-0.3, -0.25) is 0 Å². The lowest BCUT2D eigenvalue weighted by atomic mass is 10.3. The zero-order valence-electron chi connectivity index (χ0n) is 4.79. The van der Waals surface area contributed by atoms with Gasteiger partial charge in [-0.15, -0.1) is 0 Å². The molecule has 3 heteroatoms. The lowest BCUT2D eigenvalue weighted by Crippen LogP contribution is -1.74. The smallest absolute Gasteiger partial charge is 0.0559 e. The van der Waals surface area contributed by atoms with E-state index >= 15 is 0 Å². The molecule has 1 aromatic rings. The molecule has 1 N–H and O–H groups in total. The van der Waals surface area contributed by atoms with Gasteiger partial charge in [-0.2, -0.15) is 4.37 Å². The summed E-state index contributed by atoms with van der Waals surface area (Å²) in [5.74, 6) is 0. The van der Waals surface area contributed by atoms with Crippen LogP contribution in [0.4, 0.5) is 0 Å². The van der Waals surface area contributed by atoms with E-state index in [1.165, 1.54) is 17.7 Å². The van der Waals surface area contributed by atoms with E-state index in [0.717, 1.165) is 10.4 Å². The summed E-state index contributed by atoms with van der Waals surface area (Å²) in [6.45, 7) is 3.58. The molecule has 0 aliphatic carbocycles. The van der Waals surface area contributed by atoms with Crippen molar-refractivity contribution in [3.8, 4) is 0 Å². The molecule has 2 nitrogen and oxygen atoms in total. The second-order valence-corrected chi connectivity index (χ2v) is 2.33. The monoisotopic (exact) mass is 138 g/mol. The molecule has 0 unspecified atom stereocenters. The van der Waals surface area contributed by atoms with E-state index in [-0.39, 0.29) is 0 Å². The van der Waals surface area contributed by atoms with Gasteiger partial charge in [0.2, 0.25) is 0 Å². The molecule has 0 spiro atoms. The van der Waals surface area contributed by atoms with Gasteiger partial charge < -0.3 is 5.41 Å². The highest BCUT2D eigenvalue weighted by atomic mass is 32.1. The molecule has 0 aliphatic heterocycles. The Balaban J connectivity index is 3.12. The third-order valence-corrected chi connectivity index (χ3v) is 1.78. The van der Waals surface area contributed by atoms with Gasteiger partial charge in [-0.25, -0.2) is 0 Å². The van der Waals surface area contributed by atoms with E-state index in [9.17, 15) is 0 Å². The number of aromatic nitrogens is 1. The minimum atomic E-state index is 0.843. The SMILES string of the molecule is C=Cc1sncc1C=N. The third-order valence-electron chi connectivity index (χ3n) is 0.968. The van der Waals surface area contributed by atoms with E-state index in [1.807, 2.05) is 0 Å². The van der Waals surface area contributed by atoms with E-state index in [2.05, 4.69) is 11.0 Å². The molecule has 0 aliphatic rings. The molecule has 9 heavy (non-hydrogen) atoms. The highest BCUT2D eigenvalue weighted by molar-refractivity contribution is 7.07. The summed E-state index contributed by atoms with van der Waals surface area (Å²) in [5, 5.41) is 6.90. The van der Waals surface area contributed by atoms with Crippen LogP contribution in [0.1, 0.15) is 10.4 Å². The summed E-state index contributed by atoms with van der Waals surface area (Å²) in [6, 6.07) is 0. The van der Waals surface area contributed by atoms with Crippen molar-refractivity contribution in [2.75, 3.05) is 0 Å². The molecular formula is C6H6N2S. The van der Waals surface area contributed by atoms with Gasteiger partial charge in [0.15, 0.2) is 0 Å². The first-order chi connectivity index (χ1) is 4.38. The molecule has 1 aromatic heterocycles. The van der Waals surface area contributed by atoms with Gasteiger partial charge in [0.1, 0.15) is 0 Å². The van der Waals surface area contributed by atoms with E-state index < -0.39 is 0 Å². The molecule has 0 amide bonds. The Morgan fingerprint density at radius 2 is 2.56 bits per heavy atom. The fraction of sp³-hybridized carbons (Fsp3) is 0. The second kappa shape index (κ2) is 2.55. The Hall–Kier alpha value is -0.960. The van der Waals surface area contributed by atoms with Crippen LogP contribution < -0.4 is 0 Å². The van der Waals surface area contributed by atoms with Crippen LogP contribution in [0.15, 0.2) is 12.8 Å². The van der Waals surface area contributed by atoms with Crippen LogP contribution in [0.3, 0.4) is 0 Å². The normalized spacial score (nSPS) is 8.89. The van der Waals surface area contributed by atoms with Crippen LogP contribution in [-0.2, 0) is 0 Å². The zero-order valence-corrected chi connectivity index (χ0v) is 5.61. The lowest BCUT2D eigenvalue weighted by molar-refractivity contribution is 1.52. The first-order valence-electron chi connectivity index (χ1n) is 2.46. The average Bonchev–Trinajstić information content (AvgIpc) is 2.33. The number of hydrogen-bond acceptors (Lipinski definition) is 3. The van der Waals surface area contributed by atoms with Crippen molar-refractivity contribution in [3.63, 3.8) is 0 Å². The average molecular weight is 138 g/mol. The van der Waals surface area contributed by atoms with Crippen molar-refractivity contribution in [3.05, 3.63) is 23.2 Å². The maximum Gasteiger partial charge on any atom is 0.0559 e. The van der Waals surface area contributed by atoms with Crippen LogP contribution in [0.5, 0.6) is 0 Å². The molecular weight excluding hydrogens is 132 g/mol. The molecule has 0 saturated heterocycles. The minimum Gasteiger partial charge on any atom is -0.308 e. The fourth-order valence-corrected chi connectivity index (χ4v) is 1.09. The molecule has 0 atom stereocenters. The van der Waals surface area contributed by atoms with Gasteiger partial charge in [0.05, 0.1) is 11.1 Å². The molecule has 1 rings (SSSR count). The topological polar surface area (TPSA) is 36.7 Å². The number of nitrogens with zero attached hydrogens (tertiary/aromatic N) is 1. The predicted molar refractivity (Wildman–Crippen MR) is 40.1 cm³/mol. The molecule has 46 valence electrons. The van der Waals surface area contributed by atoms with E-state index in [4.69, 9.17) is 5.41 Å². The maximum absolute atomic E-state index is 6.90. The summed E-state index contributed by atoms with van der Waals surface area (Å²) >= 11 is 1.35. The van der Waals surface area contributed by atoms with Crippen molar-refractivity contribution in [1.29, 1.82) is 5.41 Å². The fourth-order valence-electron chi connectivity index (χ4n) is 0.520. The third kappa shape index (κ3) is 1.05. The Morgan fingerprint density at radius 1 is 1.78 bits per heavy atom. The quantitative estimate of drug-likeness (QED) is 0.621. The Bertz CT molecular complexity index is 204. The van der Waals surface area contributed by atoms with Crippen molar-refractivity contribution < 1.29 is 0 Å². The molecule has 0 bridgehead atoms. The number of nitrogens with one attached hydrogen (secondary N) is 1. The van der Waals surface area contributed by atoms with Crippen LogP contribution in [0.2, 0.25) is 0 Å². The molecule has 1 heterocycles. The van der Waals surface area contributed by atoms with Crippen LogP contribution in [0, 0.1) is 5.41 Å². The van der Waals surface area contributed by atoms with Crippen LogP contribution in [-0.4, -0.2) is 10.6 Å². The standard InChI is InChI=1S/C6H6N2S/c1-2-6-5(3-7)4-8-9-6/h2-4,7H,1H2. The Kier molecular flexibility index (Phi) is 1.75. The molecule has 0 fully saturated rings. The van der Waals surface area contributed by atoms with Gasteiger partial charge in [-0.05, 0) is 17.6 Å². The summed E-state index contributed by atoms with van der Waals surface area (Å²) in [4.78, 5) is 0.963. The minimum absolute atomic E-state index is 0.843. The molecule has 0 aromatic carbocycles. The largest absolute Gasteiger partial charge is 0.308 e. The van der Waals surface area contributed by atoms with Gasteiger partial charge >= 0.3 is 0 Å². The summed E-state index contributed by atoms with van der Waals surface area (Å²) in [5.41, 5.74) is 0.843. The summed E-state index contributed by atoms with van der Waals surface area (Å²) in [7, 11) is 0. The second-order valence-electron chi connectivity index (χ2n) is 1.49. The first kappa shape index (κ1) is 6.16. The highest BCUT2D eigenvalue weighted by Gasteiger charge is 1.95. The Labute approximate surface area is 57.5 Å². The molecule has 0 radical (unpaired) electrons. The first-order valence-corrected chi connectivity index (χ1v) is 3.23. The van der Waals surface area contributed by atoms with Crippen LogP contribution >= 0.6 is 11.5 Å². The van der Waals surface area contributed by atoms with Crippen molar-refractivity contribution in [1.82, 2.24) is 4.37 Å².